The quantitative estimate of drug-likeness (QED) is 0.581. The summed E-state index contributed by atoms with van der Waals surface area (Å²) in [5.41, 5.74) is 0. The van der Waals surface area contributed by atoms with Gasteiger partial charge in [-0.15, -0.1) is 0 Å². The Morgan fingerprint density at radius 3 is 2.56 bits per heavy atom. The molecule has 0 rings (SSSR count). The third kappa shape index (κ3) is 3.40. The molecule has 0 amide bonds. The van der Waals surface area contributed by atoms with Crippen molar-refractivity contribution in [3.63, 3.8) is 0 Å². The van der Waals surface area contributed by atoms with Gasteiger partial charge in [0.25, 0.3) is 0 Å². The summed E-state index contributed by atoms with van der Waals surface area (Å²) in [5.74, 6) is 0. The van der Waals surface area contributed by atoms with Crippen LogP contribution in [0.25, 0.3) is 0 Å². The highest BCUT2D eigenvalue weighted by Crippen LogP contribution is 2.02. The van der Waals surface area contributed by atoms with Gasteiger partial charge in [0.05, 0.1) is 6.61 Å². The summed E-state index contributed by atoms with van der Waals surface area (Å²) >= 11 is -2.15. The van der Waals surface area contributed by atoms with E-state index in [9.17, 15) is 8.76 Å². The van der Waals surface area contributed by atoms with Gasteiger partial charge >= 0.3 is 0 Å². The second kappa shape index (κ2) is 4.67. The fourth-order valence-corrected chi connectivity index (χ4v) is 0.878. The van der Waals surface area contributed by atoms with Crippen LogP contribution in [0.15, 0.2) is 11.0 Å². The number of hydrogen-bond donors (Lipinski definition) is 1. The molecule has 0 aliphatic heterocycles. The van der Waals surface area contributed by atoms with Crippen LogP contribution in [0.4, 0.5) is 0 Å². The van der Waals surface area contributed by atoms with Crippen LogP contribution in [0.5, 0.6) is 0 Å². The van der Waals surface area contributed by atoms with Crippen molar-refractivity contribution in [2.75, 3.05) is 6.61 Å². The predicted molar refractivity (Wildman–Crippen MR) is 34.4 cm³/mol. The second-order valence-corrected chi connectivity index (χ2v) is 2.44. The van der Waals surface area contributed by atoms with Gasteiger partial charge in [0.2, 0.25) is 0 Å². The molecular weight excluding hydrogens is 140 g/mol. The minimum absolute atomic E-state index is 0.211. The molecule has 0 aromatic carbocycles. The normalized spacial score (nSPS) is 15.7. The lowest BCUT2D eigenvalue weighted by molar-refractivity contribution is 0.342. The molecule has 4 heteroatoms. The Hall–Kier alpha value is -0.190. The summed E-state index contributed by atoms with van der Waals surface area (Å²) in [5, 5.41) is 8.27. The maximum Gasteiger partial charge on any atom is 0.0623 e. The Morgan fingerprint density at radius 2 is 2.44 bits per heavy atom. The maximum atomic E-state index is 10.1. The lowest BCUT2D eigenvalue weighted by Crippen LogP contribution is -1.92. The van der Waals surface area contributed by atoms with Gasteiger partial charge in [0.1, 0.15) is 0 Å². The first-order chi connectivity index (χ1) is 4.22. The van der Waals surface area contributed by atoms with E-state index in [1.165, 1.54) is 6.08 Å². The minimum Gasteiger partial charge on any atom is -0.769 e. The molecule has 0 aliphatic rings. The average Bonchev–Trinajstić information content (AvgIpc) is 1.82. The van der Waals surface area contributed by atoms with Crippen LogP contribution in [0.2, 0.25) is 0 Å². The van der Waals surface area contributed by atoms with E-state index in [0.717, 1.165) is 0 Å². The molecule has 0 aliphatic carbocycles. The van der Waals surface area contributed by atoms with E-state index in [4.69, 9.17) is 5.11 Å². The number of rotatable bonds is 3. The third-order valence-corrected chi connectivity index (χ3v) is 1.76. The van der Waals surface area contributed by atoms with Crippen molar-refractivity contribution in [2.45, 2.75) is 13.3 Å². The zero-order valence-corrected chi connectivity index (χ0v) is 5.98. The van der Waals surface area contributed by atoms with Crippen LogP contribution in [0.1, 0.15) is 13.3 Å². The molecule has 0 radical (unpaired) electrons. The van der Waals surface area contributed by atoms with Crippen LogP contribution in [-0.2, 0) is 11.1 Å². The summed E-state index contributed by atoms with van der Waals surface area (Å²) < 4.78 is 20.3. The molecule has 0 saturated carbocycles. The third-order valence-electron chi connectivity index (χ3n) is 0.881. The zero-order chi connectivity index (χ0) is 7.28. The molecule has 1 unspecified atom stereocenters. The van der Waals surface area contributed by atoms with Gasteiger partial charge in [-0.25, -0.2) is 0 Å². The summed E-state index contributed by atoms with van der Waals surface area (Å²) in [6, 6.07) is 0. The summed E-state index contributed by atoms with van der Waals surface area (Å²) in [7, 11) is 0. The lowest BCUT2D eigenvalue weighted by atomic mass is 10.4. The molecule has 0 aromatic heterocycles. The zero-order valence-electron chi connectivity index (χ0n) is 5.16. The highest BCUT2D eigenvalue weighted by atomic mass is 32.2. The molecule has 0 fully saturated rings. The Kier molecular flexibility index (Phi) is 4.57. The van der Waals surface area contributed by atoms with Gasteiger partial charge in [-0.05, 0) is 23.6 Å². The van der Waals surface area contributed by atoms with Crippen molar-refractivity contribution in [3.8, 4) is 0 Å². The van der Waals surface area contributed by atoms with Crippen LogP contribution >= 0.6 is 0 Å². The summed E-state index contributed by atoms with van der Waals surface area (Å²) in [4.78, 5) is 0.262. The van der Waals surface area contributed by atoms with E-state index in [2.05, 4.69) is 0 Å². The molecule has 54 valence electrons. The Morgan fingerprint density at radius 1 is 1.89 bits per heavy atom. The first-order valence-electron chi connectivity index (χ1n) is 2.61. The summed E-state index contributed by atoms with van der Waals surface area (Å²) in [6.07, 6.45) is 1.72. The molecule has 0 spiro atoms. The van der Waals surface area contributed by atoms with Crippen molar-refractivity contribution < 1.29 is 13.9 Å². The Balaban J connectivity index is 3.98. The van der Waals surface area contributed by atoms with Crippen LogP contribution in [-0.4, -0.2) is 20.5 Å². The number of hydrogen-bond acceptors (Lipinski definition) is 3. The molecule has 0 heterocycles. The van der Waals surface area contributed by atoms with Crippen LogP contribution in [0, 0.1) is 0 Å². The highest BCUT2D eigenvalue weighted by Gasteiger charge is 1.89. The molecular formula is C5H9O3S-. The molecule has 0 bridgehead atoms. The van der Waals surface area contributed by atoms with E-state index in [-0.39, 0.29) is 11.5 Å². The van der Waals surface area contributed by atoms with Crippen molar-refractivity contribution in [3.05, 3.63) is 11.0 Å². The first kappa shape index (κ1) is 8.81. The SMILES string of the molecule is CC/C(=C/CO)S(=O)[O-]. The van der Waals surface area contributed by atoms with E-state index < -0.39 is 11.1 Å². The van der Waals surface area contributed by atoms with Gasteiger partial charge in [-0.1, -0.05) is 6.92 Å². The fourth-order valence-electron chi connectivity index (χ4n) is 0.432. The molecule has 9 heavy (non-hydrogen) atoms. The van der Waals surface area contributed by atoms with E-state index >= 15 is 0 Å². The monoisotopic (exact) mass is 149 g/mol. The van der Waals surface area contributed by atoms with E-state index in [0.29, 0.717) is 6.42 Å². The van der Waals surface area contributed by atoms with E-state index in [1.807, 2.05) is 0 Å². The first-order valence-corrected chi connectivity index (χ1v) is 3.69. The lowest BCUT2D eigenvalue weighted by Gasteiger charge is -2.05. The Bertz CT molecular complexity index is 130. The maximum absolute atomic E-state index is 10.1. The smallest absolute Gasteiger partial charge is 0.0623 e. The predicted octanol–water partition coefficient (Wildman–Crippen LogP) is 0.152. The number of allylic oxidation sites excluding steroid dienone is 1. The van der Waals surface area contributed by atoms with E-state index in [1.54, 1.807) is 6.92 Å². The summed E-state index contributed by atoms with van der Waals surface area (Å²) in [6.45, 7) is 1.51. The van der Waals surface area contributed by atoms with Gasteiger partial charge in [0, 0.05) is 4.91 Å². The Labute approximate surface area is 56.7 Å². The van der Waals surface area contributed by atoms with Gasteiger partial charge in [-0.2, -0.15) is 0 Å². The van der Waals surface area contributed by atoms with Crippen LogP contribution < -0.4 is 0 Å². The van der Waals surface area contributed by atoms with Crippen molar-refractivity contribution in [1.29, 1.82) is 0 Å². The largest absolute Gasteiger partial charge is 0.769 e. The topological polar surface area (TPSA) is 60.4 Å². The highest BCUT2D eigenvalue weighted by molar-refractivity contribution is 7.83. The second-order valence-electron chi connectivity index (χ2n) is 1.44. The molecule has 0 aromatic rings. The van der Waals surface area contributed by atoms with Crippen molar-refractivity contribution >= 4 is 11.1 Å². The molecule has 1 atom stereocenters. The molecule has 1 N–H and O–H groups in total. The minimum atomic E-state index is -2.15. The van der Waals surface area contributed by atoms with Crippen molar-refractivity contribution in [1.82, 2.24) is 0 Å². The standard InChI is InChI=1S/C5H10O3S/c1-2-5(3-4-6)9(7)8/h3,6H,2,4H2,1H3,(H,7,8)/p-1/b5-3-. The fraction of sp³-hybridized carbons (Fsp3) is 0.600. The molecule has 3 nitrogen and oxygen atoms in total. The number of aliphatic hydroxyl groups is 1. The average molecular weight is 149 g/mol. The van der Waals surface area contributed by atoms with Gasteiger partial charge < -0.3 is 9.66 Å². The molecule has 0 saturated heterocycles. The van der Waals surface area contributed by atoms with Crippen molar-refractivity contribution in [2.24, 2.45) is 0 Å². The van der Waals surface area contributed by atoms with Gasteiger partial charge in [-0.3, -0.25) is 4.21 Å². The van der Waals surface area contributed by atoms with Crippen LogP contribution in [0.3, 0.4) is 0 Å². The number of aliphatic hydroxyl groups excluding tert-OH is 1. The van der Waals surface area contributed by atoms with Gasteiger partial charge in [0.15, 0.2) is 0 Å².